The summed E-state index contributed by atoms with van der Waals surface area (Å²) in [5.41, 5.74) is 8.79. The Bertz CT molecular complexity index is 803. The molecule has 2 nitrogen and oxygen atoms in total. The van der Waals surface area contributed by atoms with Crippen molar-refractivity contribution in [1.82, 2.24) is 9.13 Å². The zero-order valence-electron chi connectivity index (χ0n) is 25.7. The van der Waals surface area contributed by atoms with E-state index in [1.165, 1.54) is 33.4 Å². The SMILES string of the molecule is C=CCN(CC=C)[SiH]N(CC=C)CC=C.CC1=[C-]C(C)(C)C(C)=C1C.CC1=[C-]C(C)(C)C(C)=C1C.[Cl-].[Cl-].[Zr+4]. The molecule has 0 atom stereocenters. The Hall–Kier alpha value is -0.480. The summed E-state index contributed by atoms with van der Waals surface area (Å²) in [6.45, 7) is 40.5. The largest absolute Gasteiger partial charge is 4.00 e. The first-order valence-corrected chi connectivity index (χ1v) is 13.6. The van der Waals surface area contributed by atoms with Crippen LogP contribution in [0, 0.1) is 23.0 Å². The predicted molar refractivity (Wildman–Crippen MR) is 160 cm³/mol. The van der Waals surface area contributed by atoms with Gasteiger partial charge in [0.2, 0.25) is 9.84 Å². The molecule has 0 aromatic heterocycles. The Morgan fingerprint density at radius 1 is 0.605 bits per heavy atom. The van der Waals surface area contributed by atoms with Crippen molar-refractivity contribution in [2.45, 2.75) is 69.2 Å². The van der Waals surface area contributed by atoms with Crippen LogP contribution in [-0.2, 0) is 26.2 Å². The summed E-state index contributed by atoms with van der Waals surface area (Å²) < 4.78 is 4.68. The van der Waals surface area contributed by atoms with E-state index >= 15 is 0 Å². The van der Waals surface area contributed by atoms with E-state index in [2.05, 4.69) is 117 Å². The van der Waals surface area contributed by atoms with Crippen LogP contribution in [0.3, 0.4) is 0 Å². The molecule has 0 bridgehead atoms. The van der Waals surface area contributed by atoms with Gasteiger partial charge in [-0.15, -0.1) is 40.2 Å². The quantitative estimate of drug-likeness (QED) is 0.202. The third kappa shape index (κ3) is 14.8. The van der Waals surface area contributed by atoms with Crippen LogP contribution in [0.15, 0.2) is 84.1 Å². The normalized spacial score (nSPS) is 16.4. The first kappa shape index (κ1) is 44.5. The summed E-state index contributed by atoms with van der Waals surface area (Å²) in [7, 11) is 0.100. The maximum absolute atomic E-state index is 3.76. The van der Waals surface area contributed by atoms with Gasteiger partial charge >= 0.3 is 26.2 Å². The van der Waals surface area contributed by atoms with Gasteiger partial charge in [-0.2, -0.15) is 22.3 Å². The van der Waals surface area contributed by atoms with Gasteiger partial charge in [-0.3, -0.25) is 12.2 Å². The Morgan fingerprint density at radius 2 is 0.842 bits per heavy atom. The standard InChI is InChI=1S/C12H21N2Si.2C10H15.2ClH.Zr/c1-5-9-13(10-6-2)15-14(11-7-3)12-8-4;2*1-7-6-10(4,5)9(3)8(7)2;;;/h5-8,15H,1-4,9-12H2;2*1-5H3;2*1H;/q;2*-1;;;+4/p-2. The summed E-state index contributed by atoms with van der Waals surface area (Å²) in [5.74, 6) is 0. The van der Waals surface area contributed by atoms with Crippen LogP contribution in [0.1, 0.15) is 69.2 Å². The van der Waals surface area contributed by atoms with E-state index < -0.39 is 0 Å². The Morgan fingerprint density at radius 3 is 0.947 bits per heavy atom. The number of nitrogens with zero attached hydrogens (tertiary/aromatic N) is 2. The summed E-state index contributed by atoms with van der Waals surface area (Å²) in [4.78, 5) is 0. The van der Waals surface area contributed by atoms with Crippen LogP contribution in [-0.4, -0.2) is 45.2 Å². The first-order chi connectivity index (χ1) is 16.2. The number of rotatable bonds is 10. The van der Waals surface area contributed by atoms with Gasteiger partial charge in [-0.05, 0) is 0 Å². The molecule has 38 heavy (non-hydrogen) atoms. The van der Waals surface area contributed by atoms with Crippen molar-refractivity contribution in [3.63, 3.8) is 0 Å². The van der Waals surface area contributed by atoms with Crippen LogP contribution >= 0.6 is 0 Å². The molecule has 0 spiro atoms. The van der Waals surface area contributed by atoms with Crippen molar-refractivity contribution < 1.29 is 51.0 Å². The zero-order valence-corrected chi connectivity index (χ0v) is 30.8. The van der Waals surface area contributed by atoms with Gasteiger partial charge < -0.3 is 33.9 Å². The molecule has 0 saturated carbocycles. The van der Waals surface area contributed by atoms with E-state index in [1.54, 1.807) is 0 Å². The predicted octanol–water partition coefficient (Wildman–Crippen LogP) is 1.83. The molecule has 0 unspecified atom stereocenters. The monoisotopic (exact) mass is 651 g/mol. The van der Waals surface area contributed by atoms with Crippen molar-refractivity contribution in [3.8, 4) is 0 Å². The van der Waals surface area contributed by atoms with Gasteiger partial charge in [0.15, 0.2) is 0 Å². The Balaban J connectivity index is -0.000000225. The van der Waals surface area contributed by atoms with Gasteiger partial charge in [0.25, 0.3) is 0 Å². The van der Waals surface area contributed by atoms with Crippen molar-refractivity contribution in [2.75, 3.05) is 26.2 Å². The van der Waals surface area contributed by atoms with Gasteiger partial charge in [-0.25, -0.2) is 11.1 Å². The summed E-state index contributed by atoms with van der Waals surface area (Å²) in [6.07, 6.45) is 14.6. The maximum Gasteiger partial charge on any atom is 4.00 e. The Kier molecular flexibility index (Phi) is 25.0. The van der Waals surface area contributed by atoms with E-state index in [4.69, 9.17) is 0 Å². The summed E-state index contributed by atoms with van der Waals surface area (Å²) >= 11 is 0. The number of hydrogen-bond donors (Lipinski definition) is 0. The molecule has 2 aliphatic rings. The van der Waals surface area contributed by atoms with Crippen molar-refractivity contribution in [2.24, 2.45) is 10.8 Å². The van der Waals surface area contributed by atoms with Crippen LogP contribution in [0.5, 0.6) is 0 Å². The van der Waals surface area contributed by atoms with E-state index in [1.807, 2.05) is 24.3 Å². The molecular weight excluding hydrogens is 603 g/mol. The average Bonchev–Trinajstić information content (AvgIpc) is 3.06. The fourth-order valence-corrected chi connectivity index (χ4v) is 5.48. The molecule has 2 aliphatic carbocycles. The van der Waals surface area contributed by atoms with E-state index in [9.17, 15) is 0 Å². The number of allylic oxidation sites excluding steroid dienone is 8. The molecule has 0 N–H and O–H groups in total. The minimum absolute atomic E-state index is 0. The minimum atomic E-state index is 0. The third-order valence-electron chi connectivity index (χ3n) is 6.91. The molecule has 0 aromatic carbocycles. The van der Waals surface area contributed by atoms with E-state index in [0.717, 1.165) is 26.2 Å². The van der Waals surface area contributed by atoms with Crippen LogP contribution in [0.4, 0.5) is 0 Å². The fourth-order valence-electron chi connectivity index (χ4n) is 4.04. The molecule has 6 heteroatoms. The van der Waals surface area contributed by atoms with Gasteiger partial charge in [0.05, 0.1) is 0 Å². The van der Waals surface area contributed by atoms with Crippen LogP contribution < -0.4 is 24.8 Å². The molecule has 211 valence electrons. The summed E-state index contributed by atoms with van der Waals surface area (Å²) in [6, 6.07) is 0. The Labute approximate surface area is 270 Å². The van der Waals surface area contributed by atoms with Crippen LogP contribution in [0.25, 0.3) is 0 Å². The van der Waals surface area contributed by atoms with Crippen molar-refractivity contribution >= 4 is 9.84 Å². The van der Waals surface area contributed by atoms with Crippen molar-refractivity contribution in [3.05, 3.63) is 96.2 Å². The average molecular weight is 654 g/mol. The van der Waals surface area contributed by atoms with Crippen molar-refractivity contribution in [1.29, 1.82) is 0 Å². The molecule has 0 fully saturated rings. The number of halogens is 2. The van der Waals surface area contributed by atoms with Crippen LogP contribution in [0.2, 0.25) is 0 Å². The molecule has 0 saturated heterocycles. The molecule has 0 aromatic rings. The molecule has 0 amide bonds. The topological polar surface area (TPSA) is 6.48 Å². The maximum atomic E-state index is 3.76. The second kappa shape index (κ2) is 21.3. The minimum Gasteiger partial charge on any atom is -1.00 e. The second-order valence-corrected chi connectivity index (χ2v) is 12.1. The molecule has 0 heterocycles. The molecule has 1 radical (unpaired) electrons. The molecule has 0 aliphatic heterocycles. The smallest absolute Gasteiger partial charge is 1.00 e. The number of hydrogen-bond acceptors (Lipinski definition) is 2. The van der Waals surface area contributed by atoms with E-state index in [0.29, 0.717) is 0 Å². The van der Waals surface area contributed by atoms with Gasteiger partial charge in [0.1, 0.15) is 0 Å². The molecular formula is C32H51Cl2N2SiZr. The van der Waals surface area contributed by atoms with Gasteiger partial charge in [-0.1, -0.05) is 90.5 Å². The first-order valence-electron chi connectivity index (χ1n) is 12.5. The third-order valence-corrected chi connectivity index (χ3v) is 8.40. The fraction of sp³-hybridized carbons (Fsp3) is 0.500. The van der Waals surface area contributed by atoms with Gasteiger partial charge in [0, 0.05) is 26.2 Å². The summed E-state index contributed by atoms with van der Waals surface area (Å²) in [5, 5.41) is 0. The molecule has 2 rings (SSSR count). The van der Waals surface area contributed by atoms with E-state index in [-0.39, 0.29) is 71.7 Å². The second-order valence-electron chi connectivity index (χ2n) is 10.4. The zero-order chi connectivity index (χ0) is 27.4.